The standard InChI is InChI=1S/C13H16N2OS/c1-10(13-14-5-6-17-13)15-8-11-3-2-4-12(7-11)9-16/h2-7,10,15-16H,8-9H2,1H3. The molecule has 0 amide bonds. The van der Waals surface area contributed by atoms with Gasteiger partial charge in [-0.15, -0.1) is 11.3 Å². The van der Waals surface area contributed by atoms with Crippen LogP contribution in [0.1, 0.15) is 29.1 Å². The molecule has 2 rings (SSSR count). The Balaban J connectivity index is 1.93. The van der Waals surface area contributed by atoms with Gasteiger partial charge in [-0.2, -0.15) is 0 Å². The highest BCUT2D eigenvalue weighted by Crippen LogP contribution is 2.15. The van der Waals surface area contributed by atoms with E-state index in [-0.39, 0.29) is 12.6 Å². The Bertz CT molecular complexity index is 456. The summed E-state index contributed by atoms with van der Waals surface area (Å²) in [6.07, 6.45) is 1.82. The summed E-state index contributed by atoms with van der Waals surface area (Å²) in [5.41, 5.74) is 2.13. The van der Waals surface area contributed by atoms with Crippen molar-refractivity contribution in [3.05, 3.63) is 52.0 Å². The van der Waals surface area contributed by atoms with E-state index in [0.29, 0.717) is 0 Å². The third-order valence-electron chi connectivity index (χ3n) is 2.61. The maximum Gasteiger partial charge on any atom is 0.109 e. The zero-order valence-electron chi connectivity index (χ0n) is 9.76. The van der Waals surface area contributed by atoms with Crippen LogP contribution in [0.3, 0.4) is 0 Å². The lowest BCUT2D eigenvalue weighted by Crippen LogP contribution is -2.17. The van der Waals surface area contributed by atoms with Crippen LogP contribution in [-0.2, 0) is 13.2 Å². The van der Waals surface area contributed by atoms with Crippen molar-refractivity contribution in [2.45, 2.75) is 26.1 Å². The molecule has 3 nitrogen and oxygen atoms in total. The highest BCUT2D eigenvalue weighted by molar-refractivity contribution is 7.09. The van der Waals surface area contributed by atoms with Crippen molar-refractivity contribution >= 4 is 11.3 Å². The monoisotopic (exact) mass is 248 g/mol. The molecule has 0 fully saturated rings. The van der Waals surface area contributed by atoms with Gasteiger partial charge in [0.25, 0.3) is 0 Å². The summed E-state index contributed by atoms with van der Waals surface area (Å²) >= 11 is 1.66. The molecule has 0 aliphatic carbocycles. The summed E-state index contributed by atoms with van der Waals surface area (Å²) in [4.78, 5) is 4.28. The Morgan fingerprint density at radius 1 is 1.41 bits per heavy atom. The van der Waals surface area contributed by atoms with Gasteiger partial charge in [0.15, 0.2) is 0 Å². The number of aliphatic hydroxyl groups excluding tert-OH is 1. The Kier molecular flexibility index (Phi) is 4.25. The maximum absolute atomic E-state index is 9.06. The van der Waals surface area contributed by atoms with Crippen LogP contribution in [0, 0.1) is 0 Å². The number of hydrogen-bond donors (Lipinski definition) is 2. The van der Waals surface area contributed by atoms with E-state index in [1.807, 2.05) is 29.8 Å². The summed E-state index contributed by atoms with van der Waals surface area (Å²) in [6.45, 7) is 2.99. The van der Waals surface area contributed by atoms with Crippen molar-refractivity contribution < 1.29 is 5.11 Å². The van der Waals surface area contributed by atoms with Crippen LogP contribution < -0.4 is 5.32 Å². The molecule has 0 aliphatic rings. The van der Waals surface area contributed by atoms with Crippen molar-refractivity contribution in [1.29, 1.82) is 0 Å². The second-order valence-corrected chi connectivity index (χ2v) is 4.88. The topological polar surface area (TPSA) is 45.1 Å². The van der Waals surface area contributed by atoms with E-state index in [9.17, 15) is 0 Å². The zero-order chi connectivity index (χ0) is 12.1. The highest BCUT2D eigenvalue weighted by Gasteiger charge is 2.06. The van der Waals surface area contributed by atoms with Crippen LogP contribution in [-0.4, -0.2) is 10.1 Å². The molecule has 0 saturated heterocycles. The first kappa shape index (κ1) is 12.2. The zero-order valence-corrected chi connectivity index (χ0v) is 10.6. The van der Waals surface area contributed by atoms with Crippen molar-refractivity contribution in [2.24, 2.45) is 0 Å². The Hall–Kier alpha value is -1.23. The fourth-order valence-corrected chi connectivity index (χ4v) is 2.31. The van der Waals surface area contributed by atoms with E-state index in [2.05, 4.69) is 23.3 Å². The lowest BCUT2D eigenvalue weighted by atomic mass is 10.1. The summed E-state index contributed by atoms with van der Waals surface area (Å²) in [5.74, 6) is 0. The van der Waals surface area contributed by atoms with Crippen molar-refractivity contribution in [3.63, 3.8) is 0 Å². The molecule has 0 aliphatic heterocycles. The van der Waals surface area contributed by atoms with Crippen LogP contribution in [0.25, 0.3) is 0 Å². The van der Waals surface area contributed by atoms with Crippen LogP contribution >= 0.6 is 11.3 Å². The molecule has 0 radical (unpaired) electrons. The van der Waals surface area contributed by atoms with Gasteiger partial charge in [-0.1, -0.05) is 24.3 Å². The third kappa shape index (κ3) is 3.36. The molecule has 17 heavy (non-hydrogen) atoms. The number of aliphatic hydroxyl groups is 1. The molecule has 0 bridgehead atoms. The Morgan fingerprint density at radius 3 is 2.94 bits per heavy atom. The van der Waals surface area contributed by atoms with E-state index >= 15 is 0 Å². The molecule has 2 aromatic rings. The second kappa shape index (κ2) is 5.91. The number of nitrogens with zero attached hydrogens (tertiary/aromatic N) is 1. The van der Waals surface area contributed by atoms with Crippen molar-refractivity contribution in [3.8, 4) is 0 Å². The highest BCUT2D eigenvalue weighted by atomic mass is 32.1. The molecule has 4 heteroatoms. The average Bonchev–Trinajstić information content (AvgIpc) is 2.90. The van der Waals surface area contributed by atoms with Gasteiger partial charge in [0.05, 0.1) is 12.6 Å². The second-order valence-electron chi connectivity index (χ2n) is 3.95. The molecule has 1 unspecified atom stereocenters. The predicted octanol–water partition coefficient (Wildman–Crippen LogP) is 2.49. The minimum absolute atomic E-state index is 0.0931. The molecule has 2 N–H and O–H groups in total. The fraction of sp³-hybridized carbons (Fsp3) is 0.308. The molecular weight excluding hydrogens is 232 g/mol. The van der Waals surface area contributed by atoms with Gasteiger partial charge >= 0.3 is 0 Å². The van der Waals surface area contributed by atoms with Crippen LogP contribution in [0.15, 0.2) is 35.8 Å². The lowest BCUT2D eigenvalue weighted by molar-refractivity contribution is 0.281. The number of nitrogens with one attached hydrogen (secondary N) is 1. The SMILES string of the molecule is CC(NCc1cccc(CO)c1)c1nccs1. The number of aromatic nitrogens is 1. The maximum atomic E-state index is 9.06. The van der Waals surface area contributed by atoms with Crippen LogP contribution in [0.2, 0.25) is 0 Å². The number of hydrogen-bond acceptors (Lipinski definition) is 4. The normalized spacial score (nSPS) is 12.6. The summed E-state index contributed by atoms with van der Waals surface area (Å²) in [5, 5.41) is 15.6. The van der Waals surface area contributed by atoms with Gasteiger partial charge in [-0.3, -0.25) is 0 Å². The largest absolute Gasteiger partial charge is 0.392 e. The molecule has 1 heterocycles. The smallest absolute Gasteiger partial charge is 0.109 e. The van der Waals surface area contributed by atoms with Gasteiger partial charge in [-0.25, -0.2) is 4.98 Å². The van der Waals surface area contributed by atoms with Gasteiger partial charge in [0.2, 0.25) is 0 Å². The summed E-state index contributed by atoms with van der Waals surface area (Å²) in [6, 6.07) is 8.22. The number of rotatable bonds is 5. The first-order chi connectivity index (χ1) is 8.29. The molecule has 90 valence electrons. The predicted molar refractivity (Wildman–Crippen MR) is 69.7 cm³/mol. The van der Waals surface area contributed by atoms with E-state index in [0.717, 1.165) is 17.1 Å². The molecule has 0 spiro atoms. The van der Waals surface area contributed by atoms with E-state index < -0.39 is 0 Å². The third-order valence-corrected chi connectivity index (χ3v) is 3.57. The van der Waals surface area contributed by atoms with Gasteiger partial charge < -0.3 is 10.4 Å². The van der Waals surface area contributed by atoms with Crippen molar-refractivity contribution in [1.82, 2.24) is 10.3 Å². The molecule has 1 aromatic heterocycles. The van der Waals surface area contributed by atoms with Crippen LogP contribution in [0.5, 0.6) is 0 Å². The van der Waals surface area contributed by atoms with Crippen molar-refractivity contribution in [2.75, 3.05) is 0 Å². The quantitative estimate of drug-likeness (QED) is 0.854. The molecule has 1 atom stereocenters. The van der Waals surface area contributed by atoms with Gasteiger partial charge in [0, 0.05) is 18.1 Å². The number of thiazole rings is 1. The molecular formula is C13H16N2OS. The van der Waals surface area contributed by atoms with Crippen LogP contribution in [0.4, 0.5) is 0 Å². The first-order valence-electron chi connectivity index (χ1n) is 5.61. The Morgan fingerprint density at radius 2 is 2.24 bits per heavy atom. The van der Waals surface area contributed by atoms with Gasteiger partial charge in [0.1, 0.15) is 5.01 Å². The minimum atomic E-state index is 0.0931. The minimum Gasteiger partial charge on any atom is -0.392 e. The van der Waals surface area contributed by atoms with E-state index in [1.54, 1.807) is 11.3 Å². The molecule has 1 aromatic carbocycles. The molecule has 0 saturated carbocycles. The Labute approximate surface area is 105 Å². The number of benzene rings is 1. The summed E-state index contributed by atoms with van der Waals surface area (Å²) in [7, 11) is 0. The average molecular weight is 248 g/mol. The fourth-order valence-electron chi connectivity index (χ4n) is 1.64. The lowest BCUT2D eigenvalue weighted by Gasteiger charge is -2.11. The van der Waals surface area contributed by atoms with Gasteiger partial charge in [-0.05, 0) is 18.1 Å². The van der Waals surface area contributed by atoms with E-state index in [1.165, 1.54) is 5.56 Å². The van der Waals surface area contributed by atoms with E-state index in [4.69, 9.17) is 5.11 Å². The summed E-state index contributed by atoms with van der Waals surface area (Å²) < 4.78 is 0. The first-order valence-corrected chi connectivity index (χ1v) is 6.49.